The van der Waals surface area contributed by atoms with Gasteiger partial charge in [-0.3, -0.25) is 9.59 Å². The van der Waals surface area contributed by atoms with Crippen molar-refractivity contribution in [3.8, 4) is 11.3 Å². The fourth-order valence-electron chi connectivity index (χ4n) is 3.35. The van der Waals surface area contributed by atoms with Crippen molar-refractivity contribution in [3.63, 3.8) is 0 Å². The van der Waals surface area contributed by atoms with Gasteiger partial charge in [0.2, 0.25) is 0 Å². The number of H-pyrrole nitrogens is 1. The molecule has 0 spiro atoms. The largest absolute Gasteiger partial charge is 0.469 e. The molecule has 0 aliphatic carbocycles. The second-order valence-corrected chi connectivity index (χ2v) is 6.71. The lowest BCUT2D eigenvalue weighted by atomic mass is 9.94. The van der Waals surface area contributed by atoms with Gasteiger partial charge in [0.15, 0.2) is 0 Å². The van der Waals surface area contributed by atoms with E-state index < -0.39 is 18.0 Å². The van der Waals surface area contributed by atoms with Gasteiger partial charge in [-0.25, -0.2) is 4.39 Å². The highest BCUT2D eigenvalue weighted by atomic mass is 19.1. The first kappa shape index (κ1) is 19.8. The Kier molecular flexibility index (Phi) is 5.90. The number of methoxy groups -OCH3 is 1. The van der Waals surface area contributed by atoms with E-state index in [0.29, 0.717) is 28.6 Å². The molecule has 0 bridgehead atoms. The number of aliphatic hydroxyl groups excluding tert-OH is 1. The molecule has 1 aromatic heterocycles. The highest BCUT2D eigenvalue weighted by Crippen LogP contribution is 2.25. The van der Waals surface area contributed by atoms with Crippen molar-refractivity contribution in [2.24, 2.45) is 5.92 Å². The van der Waals surface area contributed by atoms with Gasteiger partial charge < -0.3 is 14.8 Å². The number of halogens is 1. The Bertz CT molecular complexity index is 1060. The number of rotatable bonds is 6. The summed E-state index contributed by atoms with van der Waals surface area (Å²) in [7, 11) is 1.27. The van der Waals surface area contributed by atoms with Crippen LogP contribution in [-0.4, -0.2) is 29.3 Å². The maximum Gasteiger partial charge on any atom is 0.311 e. The third kappa shape index (κ3) is 3.97. The molecule has 0 fully saturated rings. The van der Waals surface area contributed by atoms with Crippen molar-refractivity contribution in [2.75, 3.05) is 7.11 Å². The summed E-state index contributed by atoms with van der Waals surface area (Å²) in [5, 5.41) is 11.6. The molecule has 2 unspecified atom stereocenters. The second-order valence-electron chi connectivity index (χ2n) is 6.71. The number of fused-ring (bicyclic) bond motifs is 1. The third-order valence-electron chi connectivity index (χ3n) is 4.97. The predicted molar refractivity (Wildman–Crippen MR) is 105 cm³/mol. The van der Waals surface area contributed by atoms with Crippen molar-refractivity contribution in [1.29, 1.82) is 0 Å². The van der Waals surface area contributed by atoms with Crippen LogP contribution in [0.25, 0.3) is 22.0 Å². The number of aromatic amines is 1. The van der Waals surface area contributed by atoms with Gasteiger partial charge in [0.1, 0.15) is 5.82 Å². The molecule has 0 saturated heterocycles. The first-order valence-corrected chi connectivity index (χ1v) is 9.11. The number of carbonyl (C=O) groups excluding carboxylic acids is 1. The number of aromatic nitrogens is 1. The van der Waals surface area contributed by atoms with E-state index in [1.54, 1.807) is 37.3 Å². The number of hydrogen-bond donors (Lipinski definition) is 2. The minimum absolute atomic E-state index is 0.0373. The molecule has 3 aromatic rings. The first-order valence-electron chi connectivity index (χ1n) is 9.11. The van der Waals surface area contributed by atoms with Crippen LogP contribution in [0.15, 0.2) is 53.3 Å². The summed E-state index contributed by atoms with van der Waals surface area (Å²) in [6.45, 7) is 1.77. The fraction of sp³-hybridized carbons (Fsp3) is 0.273. The Hall–Kier alpha value is -2.99. The number of aliphatic hydroxyl groups is 1. The van der Waals surface area contributed by atoms with E-state index in [0.717, 1.165) is 5.39 Å². The molecule has 3 rings (SSSR count). The molecule has 2 atom stereocenters. The van der Waals surface area contributed by atoms with Crippen molar-refractivity contribution in [1.82, 2.24) is 4.98 Å². The van der Waals surface area contributed by atoms with Crippen LogP contribution in [0.2, 0.25) is 0 Å². The van der Waals surface area contributed by atoms with Gasteiger partial charge in [-0.1, -0.05) is 37.3 Å². The van der Waals surface area contributed by atoms with E-state index in [-0.39, 0.29) is 17.8 Å². The van der Waals surface area contributed by atoms with Crippen LogP contribution in [0.5, 0.6) is 0 Å². The summed E-state index contributed by atoms with van der Waals surface area (Å²) in [4.78, 5) is 27.0. The Morgan fingerprint density at radius 2 is 2.00 bits per heavy atom. The van der Waals surface area contributed by atoms with E-state index in [2.05, 4.69) is 4.98 Å². The van der Waals surface area contributed by atoms with Gasteiger partial charge in [-0.2, -0.15) is 0 Å². The zero-order valence-corrected chi connectivity index (χ0v) is 15.7. The van der Waals surface area contributed by atoms with Crippen molar-refractivity contribution in [2.45, 2.75) is 25.9 Å². The first-order chi connectivity index (χ1) is 13.4. The Labute approximate surface area is 161 Å². The van der Waals surface area contributed by atoms with Crippen molar-refractivity contribution >= 4 is 16.7 Å². The standard InChI is InChI=1S/C22H22FNO4/c1-3-16(22(27)28-2)20(25)12-15-9-10-19(24-21(15)26)14-8-7-13-5-4-6-18(23)17(13)11-14/h4-11,16,20,25H,3,12H2,1-2H3,(H,24,26). The molecule has 0 saturated carbocycles. The lowest BCUT2D eigenvalue weighted by Gasteiger charge is -2.19. The number of hydrogen-bond acceptors (Lipinski definition) is 4. The number of pyridine rings is 1. The molecule has 2 aromatic carbocycles. The quantitative estimate of drug-likeness (QED) is 0.639. The van der Waals surface area contributed by atoms with Crippen molar-refractivity contribution in [3.05, 3.63) is 70.3 Å². The SMILES string of the molecule is CCC(C(=O)OC)C(O)Cc1ccc(-c2ccc3cccc(F)c3c2)[nH]c1=O. The number of esters is 1. The zero-order chi connectivity index (χ0) is 20.3. The maximum absolute atomic E-state index is 14.0. The minimum Gasteiger partial charge on any atom is -0.469 e. The maximum atomic E-state index is 14.0. The molecule has 5 nitrogen and oxygen atoms in total. The highest BCUT2D eigenvalue weighted by Gasteiger charge is 2.26. The average Bonchev–Trinajstić information content (AvgIpc) is 2.70. The van der Waals surface area contributed by atoms with E-state index in [1.165, 1.54) is 13.2 Å². The average molecular weight is 383 g/mol. The van der Waals surface area contributed by atoms with Gasteiger partial charge in [-0.15, -0.1) is 0 Å². The summed E-state index contributed by atoms with van der Waals surface area (Å²) in [6.07, 6.45) is -0.568. The van der Waals surface area contributed by atoms with Crippen LogP contribution >= 0.6 is 0 Å². The highest BCUT2D eigenvalue weighted by molar-refractivity contribution is 5.87. The van der Waals surface area contributed by atoms with Crippen molar-refractivity contribution < 1.29 is 19.0 Å². The Morgan fingerprint density at radius 1 is 1.21 bits per heavy atom. The minimum atomic E-state index is -1.01. The number of carbonyl (C=O) groups is 1. The zero-order valence-electron chi connectivity index (χ0n) is 15.7. The molecule has 0 radical (unpaired) electrons. The fourth-order valence-corrected chi connectivity index (χ4v) is 3.35. The number of ether oxygens (including phenoxy) is 1. The number of nitrogens with one attached hydrogen (secondary N) is 1. The van der Waals surface area contributed by atoms with E-state index in [4.69, 9.17) is 4.74 Å². The molecule has 28 heavy (non-hydrogen) atoms. The normalized spacial score (nSPS) is 13.3. The second kappa shape index (κ2) is 8.35. The van der Waals surface area contributed by atoms with Crippen LogP contribution < -0.4 is 5.56 Å². The summed E-state index contributed by atoms with van der Waals surface area (Å²) in [6, 6.07) is 13.5. The summed E-state index contributed by atoms with van der Waals surface area (Å²) < 4.78 is 18.7. The van der Waals surface area contributed by atoms with E-state index >= 15 is 0 Å². The number of benzene rings is 2. The van der Waals surface area contributed by atoms with Crippen LogP contribution in [-0.2, 0) is 16.0 Å². The molecular formula is C22H22FNO4. The van der Waals surface area contributed by atoms with Gasteiger partial charge in [0.05, 0.1) is 19.1 Å². The predicted octanol–water partition coefficient (Wildman–Crippen LogP) is 3.44. The van der Waals surface area contributed by atoms with Gasteiger partial charge in [0, 0.05) is 23.1 Å². The van der Waals surface area contributed by atoms with Gasteiger partial charge >= 0.3 is 5.97 Å². The Morgan fingerprint density at radius 3 is 2.68 bits per heavy atom. The summed E-state index contributed by atoms with van der Waals surface area (Å²) in [5.74, 6) is -1.51. The van der Waals surface area contributed by atoms with E-state index in [1.807, 2.05) is 12.1 Å². The van der Waals surface area contributed by atoms with Crippen LogP contribution in [0, 0.1) is 11.7 Å². The van der Waals surface area contributed by atoms with Crippen LogP contribution in [0.1, 0.15) is 18.9 Å². The molecular weight excluding hydrogens is 361 g/mol. The molecule has 6 heteroatoms. The molecule has 146 valence electrons. The van der Waals surface area contributed by atoms with Crippen LogP contribution in [0.4, 0.5) is 4.39 Å². The lowest BCUT2D eigenvalue weighted by molar-refractivity contribution is -0.149. The molecule has 2 N–H and O–H groups in total. The monoisotopic (exact) mass is 383 g/mol. The molecule has 0 aliphatic heterocycles. The van der Waals surface area contributed by atoms with Gasteiger partial charge in [0.25, 0.3) is 5.56 Å². The molecule has 0 amide bonds. The topological polar surface area (TPSA) is 79.4 Å². The summed E-state index contributed by atoms with van der Waals surface area (Å²) >= 11 is 0. The molecule has 1 heterocycles. The summed E-state index contributed by atoms with van der Waals surface area (Å²) in [5.41, 5.74) is 1.24. The molecule has 0 aliphatic rings. The lowest BCUT2D eigenvalue weighted by Crippen LogP contribution is -2.32. The third-order valence-corrected chi connectivity index (χ3v) is 4.97. The smallest absolute Gasteiger partial charge is 0.311 e. The van der Waals surface area contributed by atoms with Gasteiger partial charge in [-0.05, 0) is 35.6 Å². The van der Waals surface area contributed by atoms with Crippen LogP contribution in [0.3, 0.4) is 0 Å². The Balaban J connectivity index is 1.87. The van der Waals surface area contributed by atoms with E-state index in [9.17, 15) is 19.1 Å².